The molecule has 0 unspecified atom stereocenters. The van der Waals surface area contributed by atoms with Crippen LogP contribution in [0.3, 0.4) is 0 Å². The predicted octanol–water partition coefficient (Wildman–Crippen LogP) is 2.51. The standard InChI is InChI=1S/C13H13BN3/c1-10-6-5-9-15-13(10)17-12-8-4-3-7-11(12)16(2)14-17/h3-9H,1-2H3. The molecule has 17 heavy (non-hydrogen) atoms. The lowest BCUT2D eigenvalue weighted by Gasteiger charge is -2.18. The fourth-order valence-corrected chi connectivity index (χ4v) is 2.16. The monoisotopic (exact) mass is 222 g/mol. The van der Waals surface area contributed by atoms with Crippen molar-refractivity contribution >= 4 is 24.7 Å². The third-order valence-corrected chi connectivity index (χ3v) is 3.02. The number of aromatic nitrogens is 1. The van der Waals surface area contributed by atoms with E-state index < -0.39 is 0 Å². The highest BCUT2D eigenvalue weighted by molar-refractivity contribution is 6.52. The number of hydrogen-bond donors (Lipinski definition) is 0. The summed E-state index contributed by atoms with van der Waals surface area (Å²) in [5.41, 5.74) is 3.56. The molecule has 1 aliphatic rings. The average molecular weight is 222 g/mol. The molecule has 4 heteroatoms. The lowest BCUT2D eigenvalue weighted by Crippen LogP contribution is -2.29. The summed E-state index contributed by atoms with van der Waals surface area (Å²) in [6.07, 6.45) is 1.83. The van der Waals surface area contributed by atoms with Crippen molar-refractivity contribution in [1.82, 2.24) is 4.98 Å². The van der Waals surface area contributed by atoms with Crippen molar-refractivity contribution in [2.45, 2.75) is 6.92 Å². The summed E-state index contributed by atoms with van der Waals surface area (Å²) in [5.74, 6) is 0.990. The zero-order valence-electron chi connectivity index (χ0n) is 9.96. The Morgan fingerprint density at radius 1 is 1.06 bits per heavy atom. The van der Waals surface area contributed by atoms with Gasteiger partial charge in [0.2, 0.25) is 0 Å². The van der Waals surface area contributed by atoms with Crippen molar-refractivity contribution < 1.29 is 0 Å². The van der Waals surface area contributed by atoms with E-state index in [1.165, 1.54) is 16.9 Å². The molecule has 83 valence electrons. The maximum absolute atomic E-state index is 4.46. The van der Waals surface area contributed by atoms with Gasteiger partial charge in [-0.1, -0.05) is 18.2 Å². The molecule has 0 fully saturated rings. The van der Waals surface area contributed by atoms with Crippen LogP contribution < -0.4 is 9.62 Å². The zero-order valence-corrected chi connectivity index (χ0v) is 9.96. The molecular formula is C13H13BN3. The largest absolute Gasteiger partial charge is 0.400 e. The smallest absolute Gasteiger partial charge is 0.397 e. The first kappa shape index (κ1) is 10.2. The third kappa shape index (κ3) is 1.57. The fraction of sp³-hybridized carbons (Fsp3) is 0.154. The topological polar surface area (TPSA) is 19.4 Å². The molecule has 0 saturated heterocycles. The van der Waals surface area contributed by atoms with Crippen LogP contribution in [-0.2, 0) is 0 Å². The minimum atomic E-state index is 0.990. The molecule has 0 saturated carbocycles. The number of hydrogen-bond acceptors (Lipinski definition) is 3. The molecule has 1 radical (unpaired) electrons. The van der Waals surface area contributed by atoms with Gasteiger partial charge in [-0.05, 0) is 37.7 Å². The molecule has 0 spiro atoms. The van der Waals surface area contributed by atoms with Crippen LogP contribution in [0.2, 0.25) is 0 Å². The first-order valence-electron chi connectivity index (χ1n) is 5.65. The van der Waals surface area contributed by atoms with E-state index in [9.17, 15) is 0 Å². The Morgan fingerprint density at radius 3 is 2.59 bits per heavy atom. The van der Waals surface area contributed by atoms with Gasteiger partial charge in [-0.3, -0.25) is 0 Å². The second kappa shape index (κ2) is 3.80. The number of para-hydroxylation sites is 2. The van der Waals surface area contributed by atoms with Crippen LogP contribution in [0.25, 0.3) is 0 Å². The highest BCUT2D eigenvalue weighted by atomic mass is 15.3. The van der Waals surface area contributed by atoms with E-state index in [4.69, 9.17) is 0 Å². The van der Waals surface area contributed by atoms with Gasteiger partial charge in [0, 0.05) is 11.9 Å². The summed E-state index contributed by atoms with van der Waals surface area (Å²) in [5, 5.41) is 0. The van der Waals surface area contributed by atoms with Crippen molar-refractivity contribution in [2.24, 2.45) is 0 Å². The van der Waals surface area contributed by atoms with Crippen LogP contribution in [0.5, 0.6) is 0 Å². The molecule has 0 N–H and O–H groups in total. The summed E-state index contributed by atoms with van der Waals surface area (Å²) in [7, 11) is 4.12. The van der Waals surface area contributed by atoms with Gasteiger partial charge in [-0.15, -0.1) is 0 Å². The highest BCUT2D eigenvalue weighted by Crippen LogP contribution is 2.38. The quantitative estimate of drug-likeness (QED) is 0.691. The van der Waals surface area contributed by atoms with Crippen molar-refractivity contribution in [1.29, 1.82) is 0 Å². The Bertz CT molecular complexity index is 556. The number of benzene rings is 1. The lowest BCUT2D eigenvalue weighted by atomic mass is 10.1. The van der Waals surface area contributed by atoms with Gasteiger partial charge in [0.25, 0.3) is 0 Å². The first-order chi connectivity index (χ1) is 8.27. The molecule has 0 amide bonds. The van der Waals surface area contributed by atoms with Crippen LogP contribution in [0.1, 0.15) is 5.56 Å². The normalized spacial score (nSPS) is 13.5. The van der Waals surface area contributed by atoms with Crippen LogP contribution in [-0.4, -0.2) is 19.6 Å². The van der Waals surface area contributed by atoms with E-state index in [2.05, 4.69) is 66.5 Å². The van der Waals surface area contributed by atoms with Gasteiger partial charge in [0.15, 0.2) is 0 Å². The molecular weight excluding hydrogens is 209 g/mol. The van der Waals surface area contributed by atoms with E-state index in [1.807, 2.05) is 12.3 Å². The third-order valence-electron chi connectivity index (χ3n) is 3.02. The van der Waals surface area contributed by atoms with Crippen LogP contribution >= 0.6 is 0 Å². The van der Waals surface area contributed by atoms with Crippen molar-refractivity contribution in [2.75, 3.05) is 16.7 Å². The molecule has 1 aliphatic heterocycles. The molecule has 0 atom stereocenters. The predicted molar refractivity (Wildman–Crippen MR) is 71.7 cm³/mol. The number of anilines is 3. The summed E-state index contributed by atoms with van der Waals surface area (Å²) in [6.45, 7) is 2.08. The Kier molecular flexibility index (Phi) is 2.28. The summed E-state index contributed by atoms with van der Waals surface area (Å²) >= 11 is 0. The average Bonchev–Trinajstić information content (AvgIpc) is 2.68. The number of pyridine rings is 1. The minimum absolute atomic E-state index is 0.990. The summed E-state index contributed by atoms with van der Waals surface area (Å²) < 4.78 is 0. The maximum atomic E-state index is 4.46. The molecule has 2 heterocycles. The van der Waals surface area contributed by atoms with Crippen LogP contribution in [0, 0.1) is 6.92 Å². The van der Waals surface area contributed by atoms with E-state index in [0.717, 1.165) is 5.82 Å². The zero-order chi connectivity index (χ0) is 11.8. The summed E-state index contributed by atoms with van der Waals surface area (Å²) in [4.78, 5) is 8.71. The van der Waals surface area contributed by atoms with Gasteiger partial charge in [0.1, 0.15) is 5.82 Å². The van der Waals surface area contributed by atoms with E-state index in [0.29, 0.717) is 0 Å². The Labute approximate surface area is 102 Å². The lowest BCUT2D eigenvalue weighted by molar-refractivity contribution is 1.21. The molecule has 1 aromatic carbocycles. The SMILES string of the molecule is Cc1cccnc1N1[B]N(C)c2ccccc21. The van der Waals surface area contributed by atoms with Crippen LogP contribution in [0.4, 0.5) is 17.2 Å². The number of nitrogens with zero attached hydrogens (tertiary/aromatic N) is 3. The number of rotatable bonds is 1. The Balaban J connectivity index is 2.11. The van der Waals surface area contributed by atoms with Gasteiger partial charge < -0.3 is 9.62 Å². The molecule has 0 bridgehead atoms. The molecule has 2 aromatic rings. The van der Waals surface area contributed by atoms with Crippen LogP contribution in [0.15, 0.2) is 42.6 Å². The van der Waals surface area contributed by atoms with Crippen molar-refractivity contribution in [3.8, 4) is 0 Å². The van der Waals surface area contributed by atoms with E-state index >= 15 is 0 Å². The van der Waals surface area contributed by atoms with E-state index in [1.54, 1.807) is 0 Å². The second-order valence-corrected chi connectivity index (χ2v) is 4.23. The summed E-state index contributed by atoms with van der Waals surface area (Å²) in [6, 6.07) is 12.4. The Hall–Kier alpha value is -1.97. The molecule has 3 nitrogen and oxygen atoms in total. The molecule has 1 aromatic heterocycles. The minimum Gasteiger partial charge on any atom is -0.400 e. The van der Waals surface area contributed by atoms with Gasteiger partial charge in [0.05, 0.1) is 5.69 Å². The fourth-order valence-electron chi connectivity index (χ4n) is 2.16. The Morgan fingerprint density at radius 2 is 1.82 bits per heavy atom. The van der Waals surface area contributed by atoms with Crippen molar-refractivity contribution in [3.05, 3.63) is 48.2 Å². The van der Waals surface area contributed by atoms with Gasteiger partial charge >= 0.3 is 7.55 Å². The second-order valence-electron chi connectivity index (χ2n) is 4.23. The van der Waals surface area contributed by atoms with Gasteiger partial charge in [-0.2, -0.15) is 0 Å². The number of aryl methyl sites for hydroxylation is 1. The molecule has 3 rings (SSSR count). The number of fused-ring (bicyclic) bond motifs is 1. The van der Waals surface area contributed by atoms with Gasteiger partial charge in [-0.25, -0.2) is 4.98 Å². The van der Waals surface area contributed by atoms with Crippen molar-refractivity contribution in [3.63, 3.8) is 0 Å². The molecule has 0 aliphatic carbocycles. The highest BCUT2D eigenvalue weighted by Gasteiger charge is 2.27. The first-order valence-corrected chi connectivity index (χ1v) is 5.65. The van der Waals surface area contributed by atoms with E-state index in [-0.39, 0.29) is 0 Å². The maximum Gasteiger partial charge on any atom is 0.397 e.